The zero-order chi connectivity index (χ0) is 19.2. The standard InChI is InChI=1S/C20H16ClN3O3/c21-17-9-5-4-8-15(17)12-24-13-16(10-11-18(24)25)20(27)23-22-19(26)14-6-2-1-3-7-14/h1-11,13H,12H2,(H,22,26)(H,23,27). The minimum Gasteiger partial charge on any atom is -0.310 e. The van der Waals surface area contributed by atoms with Crippen LogP contribution in [0.1, 0.15) is 26.3 Å². The first-order valence-electron chi connectivity index (χ1n) is 8.14. The summed E-state index contributed by atoms with van der Waals surface area (Å²) in [6.07, 6.45) is 1.43. The molecule has 0 spiro atoms. The van der Waals surface area contributed by atoms with Crippen LogP contribution in [-0.2, 0) is 6.54 Å². The van der Waals surface area contributed by atoms with Gasteiger partial charge in [-0.05, 0) is 29.8 Å². The molecule has 0 atom stereocenters. The Morgan fingerprint density at radius 2 is 1.44 bits per heavy atom. The number of hydrogen-bond acceptors (Lipinski definition) is 3. The average molecular weight is 382 g/mol. The van der Waals surface area contributed by atoms with Gasteiger partial charge >= 0.3 is 0 Å². The second kappa shape index (κ2) is 8.33. The van der Waals surface area contributed by atoms with Gasteiger partial charge in [-0.25, -0.2) is 0 Å². The number of carbonyl (C=O) groups is 2. The molecule has 2 aromatic carbocycles. The van der Waals surface area contributed by atoms with E-state index in [1.165, 1.54) is 22.9 Å². The molecule has 0 aliphatic carbocycles. The Kier molecular flexibility index (Phi) is 5.68. The minimum absolute atomic E-state index is 0.231. The zero-order valence-corrected chi connectivity index (χ0v) is 14.9. The second-order valence-corrected chi connectivity index (χ2v) is 6.16. The number of nitrogens with zero attached hydrogens (tertiary/aromatic N) is 1. The fourth-order valence-corrected chi connectivity index (χ4v) is 2.64. The molecule has 2 amide bonds. The van der Waals surface area contributed by atoms with Crippen molar-refractivity contribution in [1.82, 2.24) is 15.4 Å². The van der Waals surface area contributed by atoms with Crippen molar-refractivity contribution < 1.29 is 9.59 Å². The molecular weight excluding hydrogens is 366 g/mol. The highest BCUT2D eigenvalue weighted by molar-refractivity contribution is 6.31. The van der Waals surface area contributed by atoms with Crippen LogP contribution < -0.4 is 16.4 Å². The Hall–Kier alpha value is -3.38. The van der Waals surface area contributed by atoms with Crippen LogP contribution in [0.25, 0.3) is 0 Å². The van der Waals surface area contributed by atoms with Crippen LogP contribution in [0.4, 0.5) is 0 Å². The molecule has 0 saturated carbocycles. The van der Waals surface area contributed by atoms with Gasteiger partial charge < -0.3 is 4.57 Å². The minimum atomic E-state index is -0.535. The molecule has 136 valence electrons. The molecule has 7 heteroatoms. The highest BCUT2D eigenvalue weighted by Crippen LogP contribution is 2.15. The van der Waals surface area contributed by atoms with Gasteiger partial charge in [0.05, 0.1) is 12.1 Å². The number of benzene rings is 2. The van der Waals surface area contributed by atoms with E-state index in [1.807, 2.05) is 12.1 Å². The van der Waals surface area contributed by atoms with Crippen molar-refractivity contribution in [3.63, 3.8) is 0 Å². The third-order valence-corrected chi connectivity index (χ3v) is 4.24. The normalized spacial score (nSPS) is 10.3. The molecule has 0 fully saturated rings. The predicted molar refractivity (Wildman–Crippen MR) is 103 cm³/mol. The van der Waals surface area contributed by atoms with E-state index < -0.39 is 11.8 Å². The topological polar surface area (TPSA) is 80.2 Å². The van der Waals surface area contributed by atoms with Crippen LogP contribution in [0.3, 0.4) is 0 Å². The lowest BCUT2D eigenvalue weighted by atomic mass is 10.2. The van der Waals surface area contributed by atoms with Crippen molar-refractivity contribution >= 4 is 23.4 Å². The third-order valence-electron chi connectivity index (χ3n) is 3.87. The Balaban J connectivity index is 1.71. The van der Waals surface area contributed by atoms with Crippen molar-refractivity contribution in [2.45, 2.75) is 6.54 Å². The summed E-state index contributed by atoms with van der Waals surface area (Å²) in [4.78, 5) is 36.4. The molecule has 0 bridgehead atoms. The molecule has 1 heterocycles. The Morgan fingerprint density at radius 1 is 0.815 bits per heavy atom. The molecule has 0 aliphatic heterocycles. The van der Waals surface area contributed by atoms with Crippen LogP contribution >= 0.6 is 11.6 Å². The van der Waals surface area contributed by atoms with Crippen LogP contribution in [0.5, 0.6) is 0 Å². The summed E-state index contributed by atoms with van der Waals surface area (Å²) in [5, 5.41) is 0.536. The second-order valence-electron chi connectivity index (χ2n) is 5.75. The number of halogens is 1. The first-order valence-corrected chi connectivity index (χ1v) is 8.52. The van der Waals surface area contributed by atoms with Gasteiger partial charge in [-0.2, -0.15) is 0 Å². The van der Waals surface area contributed by atoms with E-state index in [9.17, 15) is 14.4 Å². The van der Waals surface area contributed by atoms with Gasteiger partial charge in [0, 0.05) is 22.8 Å². The van der Waals surface area contributed by atoms with Gasteiger partial charge in [0.15, 0.2) is 0 Å². The maximum atomic E-state index is 12.3. The Morgan fingerprint density at radius 3 is 2.15 bits per heavy atom. The molecular formula is C20H16ClN3O3. The molecule has 1 aromatic heterocycles. The van der Waals surface area contributed by atoms with E-state index >= 15 is 0 Å². The van der Waals surface area contributed by atoms with E-state index in [2.05, 4.69) is 10.9 Å². The maximum absolute atomic E-state index is 12.3. The van der Waals surface area contributed by atoms with E-state index in [4.69, 9.17) is 11.6 Å². The van der Waals surface area contributed by atoms with Crippen molar-refractivity contribution in [3.05, 3.63) is 105 Å². The lowest BCUT2D eigenvalue weighted by molar-refractivity contribution is 0.0846. The van der Waals surface area contributed by atoms with E-state index in [0.717, 1.165) is 5.56 Å². The van der Waals surface area contributed by atoms with Gasteiger partial charge in [0.25, 0.3) is 17.4 Å². The van der Waals surface area contributed by atoms with Crippen LogP contribution in [0.2, 0.25) is 5.02 Å². The highest BCUT2D eigenvalue weighted by Gasteiger charge is 2.11. The van der Waals surface area contributed by atoms with Gasteiger partial charge in [-0.1, -0.05) is 48.0 Å². The first-order chi connectivity index (χ1) is 13.0. The van der Waals surface area contributed by atoms with Crippen molar-refractivity contribution in [2.75, 3.05) is 0 Å². The molecule has 6 nitrogen and oxygen atoms in total. The van der Waals surface area contributed by atoms with Crippen molar-refractivity contribution in [2.24, 2.45) is 0 Å². The largest absolute Gasteiger partial charge is 0.310 e. The quantitative estimate of drug-likeness (QED) is 0.682. The maximum Gasteiger partial charge on any atom is 0.271 e. The van der Waals surface area contributed by atoms with Gasteiger partial charge in [-0.15, -0.1) is 0 Å². The molecule has 2 N–H and O–H groups in total. The van der Waals surface area contributed by atoms with E-state index in [0.29, 0.717) is 10.6 Å². The lowest BCUT2D eigenvalue weighted by Crippen LogP contribution is -2.42. The van der Waals surface area contributed by atoms with Gasteiger partial charge in [0.1, 0.15) is 0 Å². The fraction of sp³-hybridized carbons (Fsp3) is 0.0500. The summed E-state index contributed by atoms with van der Waals surface area (Å²) < 4.78 is 1.38. The Bertz CT molecular complexity index is 1030. The number of aromatic nitrogens is 1. The molecule has 3 aromatic rings. The number of nitrogens with one attached hydrogen (secondary N) is 2. The van der Waals surface area contributed by atoms with Crippen molar-refractivity contribution in [3.8, 4) is 0 Å². The van der Waals surface area contributed by atoms with Gasteiger partial charge in [0.2, 0.25) is 0 Å². The Labute approximate surface area is 160 Å². The molecule has 3 rings (SSSR count). The third kappa shape index (κ3) is 4.62. The lowest BCUT2D eigenvalue weighted by Gasteiger charge is -2.11. The molecule has 0 saturated heterocycles. The number of hydrogen-bond donors (Lipinski definition) is 2. The van der Waals surface area contributed by atoms with Crippen LogP contribution in [0.15, 0.2) is 77.7 Å². The fourth-order valence-electron chi connectivity index (χ4n) is 2.45. The average Bonchev–Trinajstić information content (AvgIpc) is 2.70. The van der Waals surface area contributed by atoms with Gasteiger partial charge in [-0.3, -0.25) is 25.2 Å². The number of rotatable bonds is 4. The smallest absolute Gasteiger partial charge is 0.271 e. The summed E-state index contributed by atoms with van der Waals surface area (Å²) in [7, 11) is 0. The SMILES string of the molecule is O=C(NNC(=O)c1ccc(=O)n(Cc2ccccc2Cl)c1)c1ccccc1. The van der Waals surface area contributed by atoms with Crippen LogP contribution in [-0.4, -0.2) is 16.4 Å². The summed E-state index contributed by atoms with van der Waals surface area (Å²) in [5.74, 6) is -0.972. The number of amides is 2. The predicted octanol–water partition coefficient (Wildman–Crippen LogP) is 2.62. The number of carbonyl (C=O) groups excluding carboxylic acids is 2. The summed E-state index contributed by atoms with van der Waals surface area (Å²) in [5.41, 5.74) is 5.83. The molecule has 0 radical (unpaired) electrons. The summed E-state index contributed by atoms with van der Waals surface area (Å²) in [6.45, 7) is 0.232. The number of pyridine rings is 1. The van der Waals surface area contributed by atoms with E-state index in [1.54, 1.807) is 42.5 Å². The molecule has 0 unspecified atom stereocenters. The van der Waals surface area contributed by atoms with Crippen molar-refractivity contribution in [1.29, 1.82) is 0 Å². The summed E-state index contributed by atoms with van der Waals surface area (Å²) in [6, 6.07) is 18.4. The molecule has 27 heavy (non-hydrogen) atoms. The highest BCUT2D eigenvalue weighted by atomic mass is 35.5. The monoisotopic (exact) mass is 381 g/mol. The summed E-state index contributed by atoms with van der Waals surface area (Å²) >= 11 is 6.13. The zero-order valence-electron chi connectivity index (χ0n) is 14.2. The van der Waals surface area contributed by atoms with E-state index in [-0.39, 0.29) is 17.7 Å². The first kappa shape index (κ1) is 18.4. The molecule has 0 aliphatic rings. The number of hydrazine groups is 1. The van der Waals surface area contributed by atoms with Crippen LogP contribution in [0, 0.1) is 0 Å².